The topological polar surface area (TPSA) is 111 Å². The van der Waals surface area contributed by atoms with Crippen molar-refractivity contribution in [2.75, 3.05) is 19.0 Å². The predicted molar refractivity (Wildman–Crippen MR) is 96.1 cm³/mol. The Balaban J connectivity index is 1.80. The standard InChI is InChI=1S/C18H19N3O5/c1-19-17(22)11-4-13-2-5-14(6-3-13)20-18(23)12-26-16-9-7-15(8-10-16)21(24)25/h2-3,5-10H,4,11-12H2,1H3,(H,19,22)(H,20,23). The predicted octanol–water partition coefficient (Wildman–Crippen LogP) is 2.29. The Morgan fingerprint density at radius 3 is 2.27 bits per heavy atom. The molecule has 2 rings (SSSR count). The van der Waals surface area contributed by atoms with Gasteiger partial charge >= 0.3 is 0 Å². The number of rotatable bonds is 8. The van der Waals surface area contributed by atoms with Crippen LogP contribution in [0.1, 0.15) is 12.0 Å². The van der Waals surface area contributed by atoms with Crippen LogP contribution in [0.4, 0.5) is 11.4 Å². The maximum Gasteiger partial charge on any atom is 0.269 e. The van der Waals surface area contributed by atoms with Gasteiger partial charge in [-0.25, -0.2) is 0 Å². The second-order valence-corrected chi connectivity index (χ2v) is 5.46. The molecule has 2 amide bonds. The van der Waals surface area contributed by atoms with Crippen molar-refractivity contribution >= 4 is 23.2 Å². The highest BCUT2D eigenvalue weighted by molar-refractivity contribution is 5.91. The average molecular weight is 357 g/mol. The number of carbonyl (C=O) groups is 2. The molecule has 8 heteroatoms. The molecule has 8 nitrogen and oxygen atoms in total. The molecular weight excluding hydrogens is 338 g/mol. The summed E-state index contributed by atoms with van der Waals surface area (Å²) in [5.41, 5.74) is 1.57. The number of ether oxygens (including phenoxy) is 1. The lowest BCUT2D eigenvalue weighted by Gasteiger charge is -2.08. The van der Waals surface area contributed by atoms with E-state index in [2.05, 4.69) is 10.6 Å². The number of amides is 2. The van der Waals surface area contributed by atoms with Gasteiger partial charge < -0.3 is 15.4 Å². The molecule has 26 heavy (non-hydrogen) atoms. The van der Waals surface area contributed by atoms with E-state index >= 15 is 0 Å². The smallest absolute Gasteiger partial charge is 0.269 e. The van der Waals surface area contributed by atoms with Crippen molar-refractivity contribution < 1.29 is 19.2 Å². The van der Waals surface area contributed by atoms with E-state index in [1.54, 1.807) is 19.2 Å². The lowest BCUT2D eigenvalue weighted by molar-refractivity contribution is -0.384. The van der Waals surface area contributed by atoms with Crippen LogP contribution in [0, 0.1) is 10.1 Å². The monoisotopic (exact) mass is 357 g/mol. The van der Waals surface area contributed by atoms with Crippen LogP contribution in [0.5, 0.6) is 5.75 Å². The third kappa shape index (κ3) is 5.90. The molecule has 0 bridgehead atoms. The number of aryl methyl sites for hydroxylation is 1. The normalized spacial score (nSPS) is 10.0. The summed E-state index contributed by atoms with van der Waals surface area (Å²) >= 11 is 0. The molecule has 0 radical (unpaired) electrons. The zero-order valence-electron chi connectivity index (χ0n) is 14.2. The maximum absolute atomic E-state index is 11.9. The summed E-state index contributed by atoms with van der Waals surface area (Å²) in [5, 5.41) is 15.8. The maximum atomic E-state index is 11.9. The average Bonchev–Trinajstić information content (AvgIpc) is 2.65. The molecule has 0 saturated heterocycles. The zero-order valence-corrected chi connectivity index (χ0v) is 14.2. The Morgan fingerprint density at radius 2 is 1.69 bits per heavy atom. The summed E-state index contributed by atoms with van der Waals surface area (Å²) in [4.78, 5) is 33.2. The summed E-state index contributed by atoms with van der Waals surface area (Å²) in [6.45, 7) is -0.212. The molecular formula is C18H19N3O5. The Morgan fingerprint density at radius 1 is 1.04 bits per heavy atom. The van der Waals surface area contributed by atoms with Crippen LogP contribution in [-0.4, -0.2) is 30.4 Å². The Kier molecular flexibility index (Phi) is 6.67. The van der Waals surface area contributed by atoms with Gasteiger partial charge in [-0.15, -0.1) is 0 Å². The lowest BCUT2D eigenvalue weighted by atomic mass is 10.1. The largest absolute Gasteiger partial charge is 0.484 e. The van der Waals surface area contributed by atoms with Crippen LogP contribution >= 0.6 is 0 Å². The van der Waals surface area contributed by atoms with Crippen LogP contribution in [0.2, 0.25) is 0 Å². The van der Waals surface area contributed by atoms with E-state index in [1.807, 2.05) is 12.1 Å². The zero-order chi connectivity index (χ0) is 18.9. The fourth-order valence-corrected chi connectivity index (χ4v) is 2.15. The molecule has 0 aliphatic heterocycles. The van der Waals surface area contributed by atoms with E-state index in [0.29, 0.717) is 24.3 Å². The van der Waals surface area contributed by atoms with Crippen molar-refractivity contribution in [3.05, 3.63) is 64.2 Å². The number of non-ortho nitro benzene ring substituents is 1. The number of anilines is 1. The molecule has 0 saturated carbocycles. The molecule has 2 aromatic carbocycles. The fraction of sp³-hybridized carbons (Fsp3) is 0.222. The summed E-state index contributed by atoms with van der Waals surface area (Å²) in [5.74, 6) is 0.00235. The van der Waals surface area contributed by atoms with E-state index in [1.165, 1.54) is 24.3 Å². The van der Waals surface area contributed by atoms with Gasteiger partial charge in [0.05, 0.1) is 4.92 Å². The third-order valence-corrected chi connectivity index (χ3v) is 3.57. The highest BCUT2D eigenvalue weighted by Crippen LogP contribution is 2.17. The number of carbonyl (C=O) groups excluding carboxylic acids is 2. The fourth-order valence-electron chi connectivity index (χ4n) is 2.15. The van der Waals surface area contributed by atoms with E-state index in [-0.39, 0.29) is 24.1 Å². The second-order valence-electron chi connectivity index (χ2n) is 5.46. The van der Waals surface area contributed by atoms with Crippen LogP contribution in [0.25, 0.3) is 0 Å². The Bertz CT molecular complexity index is 772. The van der Waals surface area contributed by atoms with Crippen molar-refractivity contribution in [2.45, 2.75) is 12.8 Å². The molecule has 2 N–H and O–H groups in total. The van der Waals surface area contributed by atoms with Gasteiger partial charge in [-0.3, -0.25) is 19.7 Å². The highest BCUT2D eigenvalue weighted by Gasteiger charge is 2.07. The van der Waals surface area contributed by atoms with Gasteiger partial charge in [-0.1, -0.05) is 12.1 Å². The number of nitro benzene ring substituents is 1. The van der Waals surface area contributed by atoms with Gasteiger partial charge in [0.1, 0.15) is 5.75 Å². The Hall–Kier alpha value is -3.42. The van der Waals surface area contributed by atoms with E-state index in [0.717, 1.165) is 5.56 Å². The first-order valence-electron chi connectivity index (χ1n) is 7.94. The van der Waals surface area contributed by atoms with Crippen molar-refractivity contribution in [3.8, 4) is 5.75 Å². The van der Waals surface area contributed by atoms with E-state index < -0.39 is 4.92 Å². The molecule has 0 aromatic heterocycles. The van der Waals surface area contributed by atoms with Gasteiger partial charge in [0.15, 0.2) is 6.61 Å². The van der Waals surface area contributed by atoms with Crippen molar-refractivity contribution in [1.82, 2.24) is 5.32 Å². The molecule has 0 unspecified atom stereocenters. The minimum atomic E-state index is -0.505. The molecule has 0 spiro atoms. The van der Waals surface area contributed by atoms with Crippen molar-refractivity contribution in [1.29, 1.82) is 0 Å². The number of hydrogen-bond acceptors (Lipinski definition) is 5. The second kappa shape index (κ2) is 9.16. The first-order chi connectivity index (χ1) is 12.5. The SMILES string of the molecule is CNC(=O)CCc1ccc(NC(=O)COc2ccc([N+](=O)[O-])cc2)cc1. The van der Waals surface area contributed by atoms with Crippen LogP contribution in [-0.2, 0) is 16.0 Å². The number of nitrogens with zero attached hydrogens (tertiary/aromatic N) is 1. The van der Waals surface area contributed by atoms with Gasteiger partial charge in [0.2, 0.25) is 5.91 Å². The van der Waals surface area contributed by atoms with Gasteiger partial charge in [-0.2, -0.15) is 0 Å². The molecule has 136 valence electrons. The lowest BCUT2D eigenvalue weighted by Crippen LogP contribution is -2.20. The number of nitro groups is 1. The number of nitrogens with one attached hydrogen (secondary N) is 2. The minimum Gasteiger partial charge on any atom is -0.484 e. The van der Waals surface area contributed by atoms with E-state index in [4.69, 9.17) is 4.74 Å². The number of hydrogen-bond donors (Lipinski definition) is 2. The van der Waals surface area contributed by atoms with Gasteiger partial charge in [0, 0.05) is 31.3 Å². The van der Waals surface area contributed by atoms with Crippen LogP contribution < -0.4 is 15.4 Å². The molecule has 2 aromatic rings. The van der Waals surface area contributed by atoms with E-state index in [9.17, 15) is 19.7 Å². The minimum absolute atomic E-state index is 0.0224. The Labute approximate surface area is 150 Å². The summed E-state index contributed by atoms with van der Waals surface area (Å²) < 4.78 is 5.30. The van der Waals surface area contributed by atoms with Gasteiger partial charge in [0.25, 0.3) is 11.6 Å². The first kappa shape index (κ1) is 18.9. The molecule has 0 fully saturated rings. The van der Waals surface area contributed by atoms with Crippen molar-refractivity contribution in [2.24, 2.45) is 0 Å². The molecule has 0 heterocycles. The first-order valence-corrected chi connectivity index (χ1v) is 7.94. The molecule has 0 aliphatic carbocycles. The van der Waals surface area contributed by atoms with Crippen LogP contribution in [0.15, 0.2) is 48.5 Å². The summed E-state index contributed by atoms with van der Waals surface area (Å²) in [6.07, 6.45) is 1.03. The molecule has 0 atom stereocenters. The summed E-state index contributed by atoms with van der Waals surface area (Å²) in [6, 6.07) is 12.7. The van der Waals surface area contributed by atoms with Crippen molar-refractivity contribution in [3.63, 3.8) is 0 Å². The third-order valence-electron chi connectivity index (χ3n) is 3.57. The summed E-state index contributed by atoms with van der Waals surface area (Å²) in [7, 11) is 1.60. The quantitative estimate of drug-likeness (QED) is 0.556. The van der Waals surface area contributed by atoms with Gasteiger partial charge in [-0.05, 0) is 36.2 Å². The molecule has 0 aliphatic rings. The van der Waals surface area contributed by atoms with Crippen LogP contribution in [0.3, 0.4) is 0 Å². The highest BCUT2D eigenvalue weighted by atomic mass is 16.6. The number of benzene rings is 2.